The highest BCUT2D eigenvalue weighted by Gasteiger charge is 2.31. The van der Waals surface area contributed by atoms with Crippen molar-refractivity contribution in [2.24, 2.45) is 0 Å². The minimum atomic E-state index is -0.696. The van der Waals surface area contributed by atoms with Crippen molar-refractivity contribution in [3.8, 4) is 0 Å². The molecule has 0 saturated carbocycles. The second-order valence-electron chi connectivity index (χ2n) is 5.92. The molecule has 1 N–H and O–H groups in total. The van der Waals surface area contributed by atoms with Crippen molar-refractivity contribution in [2.45, 2.75) is 19.9 Å². The molecule has 5 heteroatoms. The number of fused-ring (bicyclic) bond motifs is 1. The quantitative estimate of drug-likeness (QED) is 0.872. The highest BCUT2D eigenvalue weighted by atomic mass is 16.5. The summed E-state index contributed by atoms with van der Waals surface area (Å²) in [4.78, 5) is 26.4. The third-order valence-electron chi connectivity index (χ3n) is 4.39. The SMILES string of the molecule is COC(=O)C1=C(O)c2ccccc2N(Cc2ccccc2C)C(=O)C1. The van der Waals surface area contributed by atoms with Crippen LogP contribution >= 0.6 is 0 Å². The van der Waals surface area contributed by atoms with Crippen LogP contribution in [0.15, 0.2) is 54.1 Å². The molecule has 1 amide bonds. The number of carbonyl (C=O) groups excluding carboxylic acids is 2. The third-order valence-corrected chi connectivity index (χ3v) is 4.39. The average Bonchev–Trinajstić information content (AvgIpc) is 2.73. The van der Waals surface area contributed by atoms with Crippen LogP contribution in [-0.4, -0.2) is 24.1 Å². The van der Waals surface area contributed by atoms with Crippen LogP contribution in [0.2, 0.25) is 0 Å². The fourth-order valence-electron chi connectivity index (χ4n) is 2.96. The van der Waals surface area contributed by atoms with Crippen molar-refractivity contribution in [2.75, 3.05) is 12.0 Å². The lowest BCUT2D eigenvalue weighted by molar-refractivity contribution is -0.137. The largest absolute Gasteiger partial charge is 0.507 e. The molecule has 2 aromatic rings. The summed E-state index contributed by atoms with van der Waals surface area (Å²) in [5.41, 5.74) is 3.08. The number of benzene rings is 2. The van der Waals surface area contributed by atoms with Crippen molar-refractivity contribution in [1.82, 2.24) is 0 Å². The summed E-state index contributed by atoms with van der Waals surface area (Å²) in [6, 6.07) is 14.8. The summed E-state index contributed by atoms with van der Waals surface area (Å²) >= 11 is 0. The Morgan fingerprint density at radius 1 is 1.16 bits per heavy atom. The van der Waals surface area contributed by atoms with Gasteiger partial charge in [0.15, 0.2) is 0 Å². The van der Waals surface area contributed by atoms with Crippen molar-refractivity contribution in [1.29, 1.82) is 0 Å². The van der Waals surface area contributed by atoms with Crippen LogP contribution < -0.4 is 4.90 Å². The lowest BCUT2D eigenvalue weighted by atomic mass is 10.1. The number of aliphatic hydroxyl groups excluding tert-OH is 1. The normalized spacial score (nSPS) is 14.2. The molecule has 0 fully saturated rings. The molecular weight excluding hydrogens is 318 g/mol. The molecule has 25 heavy (non-hydrogen) atoms. The van der Waals surface area contributed by atoms with Gasteiger partial charge in [-0.25, -0.2) is 4.79 Å². The summed E-state index contributed by atoms with van der Waals surface area (Å²) in [5.74, 6) is -1.17. The van der Waals surface area contributed by atoms with Crippen LogP contribution in [-0.2, 0) is 20.9 Å². The molecule has 3 rings (SSSR count). The van der Waals surface area contributed by atoms with Crippen LogP contribution in [0.25, 0.3) is 5.76 Å². The zero-order valence-electron chi connectivity index (χ0n) is 14.2. The van der Waals surface area contributed by atoms with Crippen molar-refractivity contribution in [3.05, 3.63) is 70.8 Å². The Bertz CT molecular complexity index is 870. The first kappa shape index (κ1) is 16.8. The van der Waals surface area contributed by atoms with Crippen LogP contribution in [0.4, 0.5) is 5.69 Å². The molecule has 5 nitrogen and oxygen atoms in total. The molecule has 128 valence electrons. The molecule has 0 spiro atoms. The fourth-order valence-corrected chi connectivity index (χ4v) is 2.96. The van der Waals surface area contributed by atoms with E-state index in [1.165, 1.54) is 7.11 Å². The number of rotatable bonds is 3. The number of para-hydroxylation sites is 1. The zero-order chi connectivity index (χ0) is 18.0. The number of amides is 1. The summed E-state index contributed by atoms with van der Waals surface area (Å²) in [6.45, 7) is 2.35. The number of hydrogen-bond donors (Lipinski definition) is 1. The van der Waals surface area contributed by atoms with Gasteiger partial charge in [-0.05, 0) is 30.2 Å². The molecule has 0 aliphatic carbocycles. The van der Waals surface area contributed by atoms with Gasteiger partial charge in [0.05, 0.1) is 31.3 Å². The molecule has 0 unspecified atom stereocenters. The fraction of sp³-hybridized carbons (Fsp3) is 0.200. The standard InChI is InChI=1S/C20H19NO4/c1-13-7-3-4-8-14(13)12-21-17-10-6-5-9-15(17)19(23)16(11-18(21)22)20(24)25-2/h3-10,23H,11-12H2,1-2H3. The molecule has 0 atom stereocenters. The predicted molar refractivity (Wildman–Crippen MR) is 95.0 cm³/mol. The van der Waals surface area contributed by atoms with Gasteiger partial charge < -0.3 is 14.7 Å². The Kier molecular flexibility index (Phi) is 4.57. The number of hydrogen-bond acceptors (Lipinski definition) is 4. The lowest BCUT2D eigenvalue weighted by Crippen LogP contribution is -2.31. The highest BCUT2D eigenvalue weighted by molar-refractivity contribution is 6.09. The Morgan fingerprint density at radius 3 is 2.56 bits per heavy atom. The predicted octanol–water partition coefficient (Wildman–Crippen LogP) is 3.37. The number of aryl methyl sites for hydroxylation is 1. The van der Waals surface area contributed by atoms with Gasteiger partial charge in [0.25, 0.3) is 0 Å². The second-order valence-corrected chi connectivity index (χ2v) is 5.92. The second kappa shape index (κ2) is 6.81. The molecule has 1 heterocycles. The Hall–Kier alpha value is -3.08. The van der Waals surface area contributed by atoms with E-state index >= 15 is 0 Å². The smallest absolute Gasteiger partial charge is 0.338 e. The number of aliphatic hydroxyl groups is 1. The molecule has 0 aromatic heterocycles. The maximum Gasteiger partial charge on any atom is 0.338 e. The van der Waals surface area contributed by atoms with Gasteiger partial charge in [0, 0.05) is 5.56 Å². The van der Waals surface area contributed by atoms with E-state index in [2.05, 4.69) is 0 Å². The van der Waals surface area contributed by atoms with Crippen LogP contribution in [0, 0.1) is 6.92 Å². The van der Waals surface area contributed by atoms with Crippen molar-refractivity contribution < 1.29 is 19.4 Å². The van der Waals surface area contributed by atoms with E-state index in [1.54, 1.807) is 29.2 Å². The maximum absolute atomic E-state index is 12.8. The van der Waals surface area contributed by atoms with Gasteiger partial charge in [-0.3, -0.25) is 4.79 Å². The lowest BCUT2D eigenvalue weighted by Gasteiger charge is -2.24. The molecule has 0 radical (unpaired) electrons. The van der Waals surface area contributed by atoms with E-state index in [0.717, 1.165) is 11.1 Å². The first-order valence-electron chi connectivity index (χ1n) is 7.97. The van der Waals surface area contributed by atoms with Crippen molar-refractivity contribution in [3.63, 3.8) is 0 Å². The number of methoxy groups -OCH3 is 1. The first-order valence-corrected chi connectivity index (χ1v) is 7.97. The van der Waals surface area contributed by atoms with E-state index in [9.17, 15) is 14.7 Å². The Labute approximate surface area is 146 Å². The molecule has 2 aromatic carbocycles. The summed E-state index contributed by atoms with van der Waals surface area (Å²) < 4.78 is 4.72. The van der Waals surface area contributed by atoms with E-state index < -0.39 is 5.97 Å². The van der Waals surface area contributed by atoms with Gasteiger partial charge in [-0.1, -0.05) is 36.4 Å². The van der Waals surface area contributed by atoms with E-state index in [1.807, 2.05) is 31.2 Å². The van der Waals surface area contributed by atoms with Crippen LogP contribution in [0.1, 0.15) is 23.1 Å². The maximum atomic E-state index is 12.8. The topological polar surface area (TPSA) is 66.8 Å². The van der Waals surface area contributed by atoms with Crippen LogP contribution in [0.3, 0.4) is 0 Å². The van der Waals surface area contributed by atoms with Gasteiger partial charge in [-0.15, -0.1) is 0 Å². The van der Waals surface area contributed by atoms with Gasteiger partial charge in [-0.2, -0.15) is 0 Å². The van der Waals surface area contributed by atoms with Gasteiger partial charge >= 0.3 is 5.97 Å². The number of nitrogens with zero attached hydrogens (tertiary/aromatic N) is 1. The minimum absolute atomic E-state index is 0.0211. The molecule has 0 saturated heterocycles. The first-order chi connectivity index (χ1) is 12.0. The molecular formula is C20H19NO4. The van der Waals surface area contributed by atoms with E-state index in [4.69, 9.17) is 4.74 Å². The number of anilines is 1. The molecule has 0 bridgehead atoms. The number of carbonyl (C=O) groups is 2. The molecule has 1 aliphatic heterocycles. The monoisotopic (exact) mass is 337 g/mol. The van der Waals surface area contributed by atoms with Gasteiger partial charge in [0.1, 0.15) is 5.76 Å². The average molecular weight is 337 g/mol. The zero-order valence-corrected chi connectivity index (χ0v) is 14.2. The Balaban J connectivity index is 2.09. The summed E-state index contributed by atoms with van der Waals surface area (Å²) in [7, 11) is 1.23. The van der Waals surface area contributed by atoms with E-state index in [-0.39, 0.29) is 23.7 Å². The molecule has 1 aliphatic rings. The summed E-state index contributed by atoms with van der Waals surface area (Å²) in [6.07, 6.45) is -0.209. The van der Waals surface area contributed by atoms with E-state index in [0.29, 0.717) is 17.8 Å². The Morgan fingerprint density at radius 2 is 1.84 bits per heavy atom. The van der Waals surface area contributed by atoms with Crippen LogP contribution in [0.5, 0.6) is 0 Å². The van der Waals surface area contributed by atoms with Gasteiger partial charge in [0.2, 0.25) is 5.91 Å². The summed E-state index contributed by atoms with van der Waals surface area (Å²) in [5, 5.41) is 10.6. The number of ether oxygens (including phenoxy) is 1. The van der Waals surface area contributed by atoms with Crippen molar-refractivity contribution >= 4 is 23.3 Å². The highest BCUT2D eigenvalue weighted by Crippen LogP contribution is 2.34. The third kappa shape index (κ3) is 3.13. The minimum Gasteiger partial charge on any atom is -0.507 e. The number of esters is 1.